The van der Waals surface area contributed by atoms with Gasteiger partial charge in [0.05, 0.1) is 33.9 Å². The molecule has 0 fully saturated rings. The van der Waals surface area contributed by atoms with Crippen molar-refractivity contribution in [2.75, 3.05) is 13.7 Å². The Balaban J connectivity index is 1.89. The SMILES string of the molecule is C=[N+]1C=CC=C[C-]1[N+](=C)[N-]c1ccc(OC)c2c1[N+](=C)[C-](C)C(C(=O)OCC(CC)CCCC)=C2. The molecule has 0 spiro atoms. The van der Waals surface area contributed by atoms with Crippen LogP contribution in [0.3, 0.4) is 0 Å². The Hall–Kier alpha value is -3.74. The molecule has 1 atom stereocenters. The summed E-state index contributed by atoms with van der Waals surface area (Å²) in [6.07, 6.45) is 14.3. The second-order valence-electron chi connectivity index (χ2n) is 8.66. The van der Waals surface area contributed by atoms with Gasteiger partial charge < -0.3 is 14.9 Å². The number of benzene rings is 1. The summed E-state index contributed by atoms with van der Waals surface area (Å²) in [6, 6.07) is 4.34. The molecular formula is C28H36N4O3. The Morgan fingerprint density at radius 1 is 1.26 bits per heavy atom. The predicted octanol–water partition coefficient (Wildman–Crippen LogP) is 5.67. The summed E-state index contributed by atoms with van der Waals surface area (Å²) in [5, 5.41) is 0. The molecule has 0 bridgehead atoms. The van der Waals surface area contributed by atoms with Crippen molar-refractivity contribution in [3.63, 3.8) is 0 Å². The zero-order valence-corrected chi connectivity index (χ0v) is 21.3. The monoisotopic (exact) mass is 476 g/mol. The summed E-state index contributed by atoms with van der Waals surface area (Å²) in [5.74, 6) is 0.618. The molecular weight excluding hydrogens is 440 g/mol. The molecule has 35 heavy (non-hydrogen) atoms. The topological polar surface area (TPSA) is 58.7 Å². The largest absolute Gasteiger partial charge is 0.497 e. The zero-order valence-electron chi connectivity index (χ0n) is 21.3. The molecule has 0 radical (unpaired) electrons. The number of hydrogen-bond donors (Lipinski definition) is 0. The van der Waals surface area contributed by atoms with Crippen molar-refractivity contribution in [2.45, 2.75) is 46.5 Å². The number of carbonyl (C=O) groups is 1. The lowest BCUT2D eigenvalue weighted by molar-refractivity contribution is -0.636. The van der Waals surface area contributed by atoms with Gasteiger partial charge in [-0.1, -0.05) is 51.3 Å². The van der Waals surface area contributed by atoms with Crippen LogP contribution in [-0.2, 0) is 9.53 Å². The number of hydrogen-bond acceptors (Lipinski definition) is 3. The van der Waals surface area contributed by atoms with Gasteiger partial charge in [-0.15, -0.1) is 6.08 Å². The Labute approximate surface area is 209 Å². The number of nitrogens with zero attached hydrogens (tertiary/aromatic N) is 4. The van der Waals surface area contributed by atoms with Crippen LogP contribution in [0, 0.1) is 18.1 Å². The van der Waals surface area contributed by atoms with E-state index >= 15 is 0 Å². The highest BCUT2D eigenvalue weighted by atomic mass is 16.5. The standard InChI is InChI=1S/C28H36N4O3/c1-8-10-13-21(9-2)19-35-28(33)22-18-23-25(34-7)16-15-24(27(23)31(5)20(22)3)29-32(6)26-14-11-12-17-30(26)4/h11-12,14-18,21H,4-6,8-10,13,19H2,1-3,7H3. The Morgan fingerprint density at radius 2 is 2.03 bits per heavy atom. The van der Waals surface area contributed by atoms with Gasteiger partial charge in [-0.3, -0.25) is 14.1 Å². The molecule has 2 heterocycles. The van der Waals surface area contributed by atoms with Crippen molar-refractivity contribution < 1.29 is 28.1 Å². The first-order valence-corrected chi connectivity index (χ1v) is 12.0. The molecule has 0 saturated carbocycles. The van der Waals surface area contributed by atoms with Gasteiger partial charge in [-0.05, 0) is 31.0 Å². The van der Waals surface area contributed by atoms with Gasteiger partial charge in [0.1, 0.15) is 23.7 Å². The summed E-state index contributed by atoms with van der Waals surface area (Å²) in [7, 11) is 1.60. The van der Waals surface area contributed by atoms with Crippen LogP contribution in [0.4, 0.5) is 11.4 Å². The summed E-state index contributed by atoms with van der Waals surface area (Å²) in [5.41, 5.74) is 7.21. The first-order valence-electron chi connectivity index (χ1n) is 12.0. The van der Waals surface area contributed by atoms with E-state index in [4.69, 9.17) is 14.9 Å². The van der Waals surface area contributed by atoms with E-state index in [2.05, 4.69) is 34.0 Å². The van der Waals surface area contributed by atoms with Crippen molar-refractivity contribution >= 4 is 43.6 Å². The molecule has 0 N–H and O–H groups in total. The second-order valence-corrected chi connectivity index (χ2v) is 8.66. The van der Waals surface area contributed by atoms with E-state index in [1.807, 2.05) is 43.5 Å². The van der Waals surface area contributed by atoms with Crippen LogP contribution in [0.1, 0.15) is 52.0 Å². The number of ether oxygens (including phenoxy) is 2. The highest BCUT2D eigenvalue weighted by Crippen LogP contribution is 2.47. The number of rotatable bonds is 11. The quantitative estimate of drug-likeness (QED) is 0.136. The van der Waals surface area contributed by atoms with E-state index in [1.165, 1.54) is 4.68 Å². The van der Waals surface area contributed by atoms with Crippen molar-refractivity contribution in [1.82, 2.24) is 0 Å². The average Bonchev–Trinajstić information content (AvgIpc) is 2.86. The Morgan fingerprint density at radius 3 is 2.69 bits per heavy atom. The fourth-order valence-electron chi connectivity index (χ4n) is 4.08. The molecule has 0 aromatic heterocycles. The molecule has 0 amide bonds. The van der Waals surface area contributed by atoms with Gasteiger partial charge in [0.25, 0.3) is 5.97 Å². The third kappa shape index (κ3) is 5.67. The maximum absolute atomic E-state index is 13.1. The second kappa shape index (κ2) is 11.6. The van der Waals surface area contributed by atoms with Crippen molar-refractivity contribution in [1.29, 1.82) is 0 Å². The average molecular weight is 477 g/mol. The van der Waals surface area contributed by atoms with Crippen LogP contribution in [-0.4, -0.2) is 53.7 Å². The van der Waals surface area contributed by atoms with Gasteiger partial charge in [0, 0.05) is 17.2 Å². The number of esters is 1. The minimum absolute atomic E-state index is 0.359. The number of fused-ring (bicyclic) bond motifs is 1. The third-order valence-electron chi connectivity index (χ3n) is 6.35. The van der Waals surface area contributed by atoms with Crippen LogP contribution >= 0.6 is 0 Å². The number of carbonyl (C=O) groups excluding carboxylic acids is 1. The summed E-state index contributed by atoms with van der Waals surface area (Å²) < 4.78 is 16.2. The molecule has 2 aliphatic heterocycles. The van der Waals surface area contributed by atoms with E-state index in [0.717, 1.165) is 25.7 Å². The summed E-state index contributed by atoms with van der Waals surface area (Å²) >= 11 is 0. The molecule has 3 rings (SSSR count). The normalized spacial score (nSPS) is 15.5. The first-order chi connectivity index (χ1) is 16.8. The third-order valence-corrected chi connectivity index (χ3v) is 6.35. The van der Waals surface area contributed by atoms with Gasteiger partial charge in [0.2, 0.25) is 0 Å². The zero-order chi connectivity index (χ0) is 25.5. The number of unbranched alkanes of at least 4 members (excludes halogenated alkanes) is 1. The van der Waals surface area contributed by atoms with Crippen LogP contribution in [0.15, 0.2) is 42.1 Å². The maximum atomic E-state index is 13.1. The molecule has 7 nitrogen and oxygen atoms in total. The van der Waals surface area contributed by atoms with Crippen LogP contribution in [0.25, 0.3) is 11.5 Å². The van der Waals surface area contributed by atoms with Gasteiger partial charge in [-0.25, -0.2) is 4.58 Å². The highest BCUT2D eigenvalue weighted by Gasteiger charge is 2.30. The molecule has 1 aromatic rings. The van der Waals surface area contributed by atoms with Crippen LogP contribution < -0.4 is 4.74 Å². The van der Waals surface area contributed by atoms with E-state index in [0.29, 0.717) is 53.0 Å². The minimum Gasteiger partial charge on any atom is -0.497 e. The first kappa shape index (κ1) is 25.9. The van der Waals surface area contributed by atoms with E-state index in [9.17, 15) is 4.79 Å². The summed E-state index contributed by atoms with van der Waals surface area (Å²) in [6.45, 7) is 18.8. The van der Waals surface area contributed by atoms with Crippen molar-refractivity contribution in [3.8, 4) is 5.75 Å². The van der Waals surface area contributed by atoms with Crippen LogP contribution in [0.2, 0.25) is 0 Å². The lowest BCUT2D eigenvalue weighted by Gasteiger charge is -2.32. The van der Waals surface area contributed by atoms with E-state index < -0.39 is 0 Å². The van der Waals surface area contributed by atoms with Crippen LogP contribution in [0.5, 0.6) is 5.75 Å². The lowest BCUT2D eigenvalue weighted by atomic mass is 9.96. The van der Waals surface area contributed by atoms with Crippen molar-refractivity contribution in [3.05, 3.63) is 65.3 Å². The van der Waals surface area contributed by atoms with Gasteiger partial charge >= 0.3 is 6.17 Å². The molecule has 7 heteroatoms. The smallest absolute Gasteiger partial charge is 0.368 e. The summed E-state index contributed by atoms with van der Waals surface area (Å²) in [4.78, 5) is 13.1. The van der Waals surface area contributed by atoms with E-state index in [1.54, 1.807) is 22.3 Å². The lowest BCUT2D eigenvalue weighted by Crippen LogP contribution is -2.25. The Bertz CT molecular complexity index is 1100. The maximum Gasteiger partial charge on any atom is 0.368 e. The van der Waals surface area contributed by atoms with Crippen molar-refractivity contribution in [2.24, 2.45) is 5.92 Å². The van der Waals surface area contributed by atoms with E-state index in [-0.39, 0.29) is 5.97 Å². The fourth-order valence-corrected chi connectivity index (χ4v) is 4.08. The molecule has 2 aliphatic rings. The molecule has 0 saturated heterocycles. The molecule has 1 aromatic carbocycles. The van der Waals surface area contributed by atoms with Gasteiger partial charge in [0.15, 0.2) is 0 Å². The van der Waals surface area contributed by atoms with Gasteiger partial charge in [-0.2, -0.15) is 0 Å². The molecule has 0 aliphatic carbocycles. The highest BCUT2D eigenvalue weighted by molar-refractivity contribution is 6.00. The predicted molar refractivity (Wildman–Crippen MR) is 140 cm³/mol. The Kier molecular flexibility index (Phi) is 8.58. The molecule has 186 valence electrons. The fraction of sp³-hybridized carbons (Fsp3) is 0.357. The minimum atomic E-state index is -0.359. The number of allylic oxidation sites excluding steroid dienone is 2. The molecule has 1 unspecified atom stereocenters. The number of methoxy groups -OCH3 is 1.